The number of hydrogen-bond acceptors (Lipinski definition) is 2. The Balaban J connectivity index is 1.34. The standard InChI is InChI=1S/C21H21FN4O/c22-19-6-2-1-4-16(19)7-11-24-21(27)26-12-8-15(9-13-26)18-14-25-20-17(18)5-3-10-23-20/h1-6,8,10,14H,7,9,11-13H2,(H,23,25)(H,24,27). The van der Waals surface area contributed by atoms with Crippen LogP contribution in [0.25, 0.3) is 16.6 Å². The van der Waals surface area contributed by atoms with E-state index in [1.807, 2.05) is 12.3 Å². The lowest BCUT2D eigenvalue weighted by atomic mass is 10.00. The first kappa shape index (κ1) is 17.3. The lowest BCUT2D eigenvalue weighted by Gasteiger charge is -2.26. The number of rotatable bonds is 4. The number of benzene rings is 1. The smallest absolute Gasteiger partial charge is 0.317 e. The molecule has 0 aliphatic carbocycles. The van der Waals surface area contributed by atoms with Crippen molar-refractivity contribution in [2.24, 2.45) is 0 Å². The molecule has 1 aliphatic rings. The van der Waals surface area contributed by atoms with Crippen molar-refractivity contribution in [2.45, 2.75) is 12.8 Å². The predicted octanol–water partition coefficient (Wildman–Crippen LogP) is 3.74. The maximum Gasteiger partial charge on any atom is 0.317 e. The third-order valence-corrected chi connectivity index (χ3v) is 4.92. The van der Waals surface area contributed by atoms with Gasteiger partial charge < -0.3 is 15.2 Å². The van der Waals surface area contributed by atoms with Crippen LogP contribution in [0.1, 0.15) is 17.5 Å². The van der Waals surface area contributed by atoms with Crippen molar-refractivity contribution in [1.29, 1.82) is 0 Å². The molecule has 0 saturated heterocycles. The molecule has 0 fully saturated rings. The van der Waals surface area contributed by atoms with Gasteiger partial charge in [-0.2, -0.15) is 0 Å². The zero-order valence-electron chi connectivity index (χ0n) is 14.9. The van der Waals surface area contributed by atoms with Crippen molar-refractivity contribution in [3.63, 3.8) is 0 Å². The zero-order chi connectivity index (χ0) is 18.6. The molecule has 5 nitrogen and oxygen atoms in total. The Bertz CT molecular complexity index is 995. The first-order valence-electron chi connectivity index (χ1n) is 9.10. The molecule has 1 aliphatic heterocycles. The van der Waals surface area contributed by atoms with Crippen molar-refractivity contribution in [3.05, 3.63) is 71.8 Å². The summed E-state index contributed by atoms with van der Waals surface area (Å²) < 4.78 is 13.6. The minimum atomic E-state index is -0.231. The fourth-order valence-electron chi connectivity index (χ4n) is 3.44. The number of aromatic amines is 1. The fraction of sp³-hybridized carbons (Fsp3) is 0.238. The number of nitrogens with zero attached hydrogens (tertiary/aromatic N) is 2. The van der Waals surface area contributed by atoms with Gasteiger partial charge in [0, 0.05) is 43.0 Å². The van der Waals surface area contributed by atoms with Gasteiger partial charge in [-0.15, -0.1) is 0 Å². The predicted molar refractivity (Wildman–Crippen MR) is 104 cm³/mol. The molecule has 1 aromatic carbocycles. The average molecular weight is 364 g/mol. The van der Waals surface area contributed by atoms with Crippen LogP contribution in [0.3, 0.4) is 0 Å². The van der Waals surface area contributed by atoms with Gasteiger partial charge in [0.1, 0.15) is 11.5 Å². The lowest BCUT2D eigenvalue weighted by molar-refractivity contribution is 0.203. The molecule has 0 bridgehead atoms. The highest BCUT2D eigenvalue weighted by atomic mass is 19.1. The van der Waals surface area contributed by atoms with Crippen LogP contribution in [0, 0.1) is 5.82 Å². The van der Waals surface area contributed by atoms with Gasteiger partial charge in [0.05, 0.1) is 0 Å². The summed E-state index contributed by atoms with van der Waals surface area (Å²) in [7, 11) is 0. The normalized spacial score (nSPS) is 14.3. The maximum absolute atomic E-state index is 13.6. The van der Waals surface area contributed by atoms with E-state index in [1.165, 1.54) is 11.6 Å². The minimum absolute atomic E-state index is 0.109. The summed E-state index contributed by atoms with van der Waals surface area (Å²) in [6, 6.07) is 10.5. The Labute approximate surface area is 156 Å². The summed E-state index contributed by atoms with van der Waals surface area (Å²) in [5, 5.41) is 3.99. The molecule has 2 amide bonds. The van der Waals surface area contributed by atoms with E-state index in [-0.39, 0.29) is 11.8 Å². The molecule has 0 saturated carbocycles. The van der Waals surface area contributed by atoms with Gasteiger partial charge >= 0.3 is 6.03 Å². The van der Waals surface area contributed by atoms with Gasteiger partial charge in [0.2, 0.25) is 0 Å². The largest absolute Gasteiger partial charge is 0.346 e. The van der Waals surface area contributed by atoms with Crippen LogP contribution in [-0.2, 0) is 6.42 Å². The Hall–Kier alpha value is -3.15. The molecule has 138 valence electrons. The molecule has 0 atom stereocenters. The minimum Gasteiger partial charge on any atom is -0.346 e. The molecule has 27 heavy (non-hydrogen) atoms. The molecule has 2 N–H and O–H groups in total. The quantitative estimate of drug-likeness (QED) is 0.741. The SMILES string of the molecule is O=C(NCCc1ccccc1F)N1CC=C(c2c[nH]c3ncccc23)CC1. The highest BCUT2D eigenvalue weighted by Crippen LogP contribution is 2.28. The number of pyridine rings is 1. The van der Waals surface area contributed by atoms with E-state index in [0.717, 1.165) is 23.0 Å². The number of carbonyl (C=O) groups excluding carboxylic acids is 1. The monoisotopic (exact) mass is 364 g/mol. The van der Waals surface area contributed by atoms with Gasteiger partial charge in [0.25, 0.3) is 0 Å². The summed E-state index contributed by atoms with van der Waals surface area (Å²) in [5.41, 5.74) is 3.87. The Kier molecular flexibility index (Phi) is 4.87. The van der Waals surface area contributed by atoms with E-state index in [0.29, 0.717) is 31.6 Å². The fourth-order valence-corrected chi connectivity index (χ4v) is 3.44. The van der Waals surface area contributed by atoms with Gasteiger partial charge in [-0.25, -0.2) is 14.2 Å². The van der Waals surface area contributed by atoms with E-state index in [4.69, 9.17) is 0 Å². The number of amides is 2. The Morgan fingerprint density at radius 2 is 2.15 bits per heavy atom. The first-order chi connectivity index (χ1) is 13.2. The number of aromatic nitrogens is 2. The van der Waals surface area contributed by atoms with Crippen molar-refractivity contribution in [2.75, 3.05) is 19.6 Å². The second kappa shape index (κ2) is 7.61. The second-order valence-corrected chi connectivity index (χ2v) is 6.60. The lowest BCUT2D eigenvalue weighted by Crippen LogP contribution is -2.42. The molecule has 2 aromatic heterocycles. The molecule has 0 unspecified atom stereocenters. The molecule has 0 spiro atoms. The highest BCUT2D eigenvalue weighted by molar-refractivity contribution is 5.91. The van der Waals surface area contributed by atoms with E-state index in [9.17, 15) is 9.18 Å². The van der Waals surface area contributed by atoms with Crippen LogP contribution in [-0.4, -0.2) is 40.5 Å². The molecule has 3 heterocycles. The van der Waals surface area contributed by atoms with Crippen LogP contribution in [0.4, 0.5) is 9.18 Å². The summed E-state index contributed by atoms with van der Waals surface area (Å²) >= 11 is 0. The number of H-pyrrole nitrogens is 1. The second-order valence-electron chi connectivity index (χ2n) is 6.60. The third-order valence-electron chi connectivity index (χ3n) is 4.92. The van der Waals surface area contributed by atoms with Crippen LogP contribution in [0.2, 0.25) is 0 Å². The molecule has 4 rings (SSSR count). The van der Waals surface area contributed by atoms with E-state index in [2.05, 4.69) is 27.4 Å². The van der Waals surface area contributed by atoms with Gasteiger partial charge in [0.15, 0.2) is 0 Å². The Morgan fingerprint density at radius 1 is 1.26 bits per heavy atom. The number of carbonyl (C=O) groups is 1. The van der Waals surface area contributed by atoms with Gasteiger partial charge in [-0.05, 0) is 42.2 Å². The van der Waals surface area contributed by atoms with Crippen LogP contribution in [0.5, 0.6) is 0 Å². The summed E-state index contributed by atoms with van der Waals surface area (Å²) in [6.45, 7) is 1.64. The average Bonchev–Trinajstić information content (AvgIpc) is 3.14. The van der Waals surface area contributed by atoms with Gasteiger partial charge in [-0.1, -0.05) is 24.3 Å². The van der Waals surface area contributed by atoms with E-state index >= 15 is 0 Å². The highest BCUT2D eigenvalue weighted by Gasteiger charge is 2.19. The molecule has 3 aromatic rings. The van der Waals surface area contributed by atoms with E-state index in [1.54, 1.807) is 29.3 Å². The maximum atomic E-state index is 13.6. The Morgan fingerprint density at radius 3 is 2.96 bits per heavy atom. The number of fused-ring (bicyclic) bond motifs is 1. The summed E-state index contributed by atoms with van der Waals surface area (Å²) in [4.78, 5) is 21.6. The van der Waals surface area contributed by atoms with E-state index < -0.39 is 0 Å². The number of hydrogen-bond donors (Lipinski definition) is 2. The molecule has 0 radical (unpaired) electrons. The molecule has 6 heteroatoms. The number of halogens is 1. The van der Waals surface area contributed by atoms with Crippen LogP contribution >= 0.6 is 0 Å². The summed E-state index contributed by atoms with van der Waals surface area (Å²) in [5.74, 6) is -0.231. The van der Waals surface area contributed by atoms with Crippen molar-refractivity contribution in [3.8, 4) is 0 Å². The molecular weight excluding hydrogens is 343 g/mol. The van der Waals surface area contributed by atoms with Crippen LogP contribution < -0.4 is 5.32 Å². The number of urea groups is 1. The van der Waals surface area contributed by atoms with Crippen LogP contribution in [0.15, 0.2) is 54.9 Å². The van der Waals surface area contributed by atoms with Crippen molar-refractivity contribution in [1.82, 2.24) is 20.2 Å². The van der Waals surface area contributed by atoms with Crippen molar-refractivity contribution < 1.29 is 9.18 Å². The van der Waals surface area contributed by atoms with Gasteiger partial charge in [-0.3, -0.25) is 0 Å². The molecular formula is C21H21FN4O. The van der Waals surface area contributed by atoms with Crippen molar-refractivity contribution >= 4 is 22.6 Å². The summed E-state index contributed by atoms with van der Waals surface area (Å²) in [6.07, 6.45) is 7.12. The third kappa shape index (κ3) is 3.69. The first-order valence-corrected chi connectivity index (χ1v) is 9.10. The zero-order valence-corrected chi connectivity index (χ0v) is 14.9. The topological polar surface area (TPSA) is 61.0 Å². The number of nitrogens with one attached hydrogen (secondary N) is 2.